The van der Waals surface area contributed by atoms with Crippen LogP contribution in [0.2, 0.25) is 0 Å². The predicted molar refractivity (Wildman–Crippen MR) is 41.7 cm³/mol. The van der Waals surface area contributed by atoms with Crippen LogP contribution in [0.25, 0.3) is 0 Å². The highest BCUT2D eigenvalue weighted by Gasteiger charge is 2.17. The molecule has 0 spiro atoms. The molecule has 0 radical (unpaired) electrons. The van der Waals surface area contributed by atoms with Gasteiger partial charge in [0.2, 0.25) is 0 Å². The van der Waals surface area contributed by atoms with Gasteiger partial charge >= 0.3 is 0 Å². The molecule has 0 rings (SSSR count). The van der Waals surface area contributed by atoms with Crippen LogP contribution in [0.15, 0.2) is 0 Å². The van der Waals surface area contributed by atoms with Gasteiger partial charge in [-0.05, 0) is 0 Å². The van der Waals surface area contributed by atoms with Crippen LogP contribution in [-0.2, 0) is 4.74 Å². The number of quaternary nitrogens is 1. The number of hydrogen-bond acceptors (Lipinski definition) is 3. The molecule has 0 bridgehead atoms. The fraction of sp³-hybridized carbons (Fsp3) is 1.00. The van der Waals surface area contributed by atoms with Crippen LogP contribution in [0, 0.1) is 0 Å². The second-order valence-electron chi connectivity index (χ2n) is 3.80. The summed E-state index contributed by atoms with van der Waals surface area (Å²) in [5.41, 5.74) is 0. The first-order valence-electron chi connectivity index (χ1n) is 3.60. The summed E-state index contributed by atoms with van der Waals surface area (Å²) >= 11 is 0. The van der Waals surface area contributed by atoms with Gasteiger partial charge in [0.1, 0.15) is 13.2 Å². The molecule has 0 aromatic carbocycles. The summed E-state index contributed by atoms with van der Waals surface area (Å²) in [7, 11) is 6.03. The minimum Gasteiger partial charge on any atom is -0.344 e. The van der Waals surface area contributed by atoms with E-state index in [1.165, 1.54) is 6.92 Å². The number of nitrogens with zero attached hydrogens (tertiary/aromatic N) is 1. The zero-order valence-corrected chi connectivity index (χ0v) is 7.66. The molecular weight excluding hydrogens is 146 g/mol. The van der Waals surface area contributed by atoms with E-state index in [0.717, 1.165) is 11.0 Å². The first kappa shape index (κ1) is 10.8. The summed E-state index contributed by atoms with van der Waals surface area (Å²) in [5, 5.41) is 17.5. The molecule has 0 aliphatic rings. The molecule has 0 aliphatic carbocycles. The average molecular weight is 164 g/mol. The second-order valence-corrected chi connectivity index (χ2v) is 3.80. The van der Waals surface area contributed by atoms with Gasteiger partial charge in [-0.3, -0.25) is 0 Å². The van der Waals surface area contributed by atoms with Gasteiger partial charge in [0.05, 0.1) is 21.1 Å². The molecule has 0 aromatic rings. The van der Waals surface area contributed by atoms with Crippen LogP contribution in [0.3, 0.4) is 0 Å². The van der Waals surface area contributed by atoms with Gasteiger partial charge in [-0.2, -0.15) is 0 Å². The summed E-state index contributed by atoms with van der Waals surface area (Å²) in [6.07, 6.45) is 0. The van der Waals surface area contributed by atoms with Crippen molar-refractivity contribution in [3.8, 4) is 0 Å². The zero-order valence-electron chi connectivity index (χ0n) is 7.66. The fourth-order valence-corrected chi connectivity index (χ4v) is 0.513. The standard InChI is InChI=1S/C7H18NO3/c1-7(9,10)11-6-5-8(2,3)4/h9-10H,5-6H2,1-4H3/q+1. The van der Waals surface area contributed by atoms with Gasteiger partial charge < -0.3 is 19.4 Å². The van der Waals surface area contributed by atoms with E-state index in [1.807, 2.05) is 21.1 Å². The number of aliphatic hydroxyl groups is 2. The molecule has 0 unspecified atom stereocenters. The zero-order chi connectivity index (χ0) is 9.12. The van der Waals surface area contributed by atoms with E-state index in [4.69, 9.17) is 14.9 Å². The molecule has 0 atom stereocenters. The Morgan fingerprint density at radius 3 is 2.00 bits per heavy atom. The lowest BCUT2D eigenvalue weighted by Gasteiger charge is -2.25. The Morgan fingerprint density at radius 1 is 1.27 bits per heavy atom. The number of ether oxygens (including phenoxy) is 1. The Hall–Kier alpha value is -0.160. The van der Waals surface area contributed by atoms with Gasteiger partial charge in [0, 0.05) is 6.92 Å². The third kappa shape index (κ3) is 9.84. The van der Waals surface area contributed by atoms with E-state index in [-0.39, 0.29) is 0 Å². The monoisotopic (exact) mass is 164 g/mol. The lowest BCUT2D eigenvalue weighted by Crippen LogP contribution is -2.40. The molecule has 0 aromatic heterocycles. The van der Waals surface area contributed by atoms with Crippen molar-refractivity contribution in [2.75, 3.05) is 34.3 Å². The smallest absolute Gasteiger partial charge is 0.275 e. The molecule has 0 amide bonds. The van der Waals surface area contributed by atoms with Crippen LogP contribution >= 0.6 is 0 Å². The van der Waals surface area contributed by atoms with Gasteiger partial charge in [0.25, 0.3) is 5.97 Å². The first-order chi connectivity index (χ1) is 4.71. The summed E-state index contributed by atoms with van der Waals surface area (Å²) < 4.78 is 5.45. The Balaban J connectivity index is 3.44. The predicted octanol–water partition coefficient (Wildman–Crippen LogP) is -0.633. The molecule has 0 aliphatic heterocycles. The molecule has 11 heavy (non-hydrogen) atoms. The van der Waals surface area contributed by atoms with Crippen LogP contribution < -0.4 is 0 Å². The maximum atomic E-state index is 8.74. The van der Waals surface area contributed by atoms with Crippen LogP contribution in [0.4, 0.5) is 0 Å². The molecule has 0 saturated carbocycles. The highest BCUT2D eigenvalue weighted by molar-refractivity contribution is 4.36. The normalized spacial score (nSPS) is 13.6. The van der Waals surface area contributed by atoms with E-state index < -0.39 is 5.97 Å². The summed E-state index contributed by atoms with van der Waals surface area (Å²) in [5.74, 6) is -1.99. The van der Waals surface area contributed by atoms with Gasteiger partial charge in [-0.25, -0.2) is 0 Å². The van der Waals surface area contributed by atoms with Gasteiger partial charge in [-0.1, -0.05) is 0 Å². The largest absolute Gasteiger partial charge is 0.344 e. The molecule has 0 heterocycles. The Bertz CT molecular complexity index is 97.8. The van der Waals surface area contributed by atoms with Crippen molar-refractivity contribution in [1.29, 1.82) is 0 Å². The molecule has 4 heteroatoms. The molecule has 68 valence electrons. The fourth-order valence-electron chi connectivity index (χ4n) is 0.513. The van der Waals surface area contributed by atoms with Gasteiger partial charge in [0.15, 0.2) is 0 Å². The third-order valence-corrected chi connectivity index (χ3v) is 1.14. The minimum atomic E-state index is -1.99. The molecule has 2 N–H and O–H groups in total. The topological polar surface area (TPSA) is 49.7 Å². The van der Waals surface area contributed by atoms with Crippen LogP contribution in [0.1, 0.15) is 6.92 Å². The molecule has 0 fully saturated rings. The van der Waals surface area contributed by atoms with Crippen molar-refractivity contribution < 1.29 is 19.4 Å². The van der Waals surface area contributed by atoms with Crippen LogP contribution in [-0.4, -0.2) is 55.0 Å². The minimum absolute atomic E-state index is 0.340. The quantitative estimate of drug-likeness (QED) is 0.429. The molecule has 0 saturated heterocycles. The first-order valence-corrected chi connectivity index (χ1v) is 3.60. The van der Waals surface area contributed by atoms with Crippen molar-refractivity contribution >= 4 is 0 Å². The Labute approximate surface area is 67.6 Å². The van der Waals surface area contributed by atoms with E-state index in [2.05, 4.69) is 0 Å². The third-order valence-electron chi connectivity index (χ3n) is 1.14. The highest BCUT2D eigenvalue weighted by atomic mass is 16.8. The van der Waals surface area contributed by atoms with Crippen molar-refractivity contribution in [3.05, 3.63) is 0 Å². The van der Waals surface area contributed by atoms with E-state index in [1.54, 1.807) is 0 Å². The number of likely N-dealkylation sites (N-methyl/N-ethyl adjacent to an activating group) is 1. The average Bonchev–Trinajstić information content (AvgIpc) is 1.55. The van der Waals surface area contributed by atoms with Crippen LogP contribution in [0.5, 0.6) is 0 Å². The van der Waals surface area contributed by atoms with Gasteiger partial charge in [-0.15, -0.1) is 0 Å². The Morgan fingerprint density at radius 2 is 1.73 bits per heavy atom. The van der Waals surface area contributed by atoms with E-state index >= 15 is 0 Å². The van der Waals surface area contributed by atoms with Crippen molar-refractivity contribution in [1.82, 2.24) is 0 Å². The lowest BCUT2D eigenvalue weighted by atomic mass is 10.5. The summed E-state index contributed by atoms with van der Waals surface area (Å²) in [6.45, 7) is 2.28. The summed E-state index contributed by atoms with van der Waals surface area (Å²) in [4.78, 5) is 0. The number of rotatable bonds is 4. The number of hydrogen-bond donors (Lipinski definition) is 2. The summed E-state index contributed by atoms with van der Waals surface area (Å²) in [6, 6.07) is 0. The Kier molecular flexibility index (Phi) is 3.44. The van der Waals surface area contributed by atoms with Crippen molar-refractivity contribution in [2.45, 2.75) is 12.9 Å². The second kappa shape index (κ2) is 3.49. The lowest BCUT2D eigenvalue weighted by molar-refractivity contribution is -0.871. The van der Waals surface area contributed by atoms with Crippen molar-refractivity contribution in [2.24, 2.45) is 0 Å². The maximum absolute atomic E-state index is 8.74. The van der Waals surface area contributed by atoms with E-state index in [9.17, 15) is 0 Å². The maximum Gasteiger partial charge on any atom is 0.275 e. The van der Waals surface area contributed by atoms with Crippen molar-refractivity contribution in [3.63, 3.8) is 0 Å². The molecule has 4 nitrogen and oxygen atoms in total. The van der Waals surface area contributed by atoms with E-state index in [0.29, 0.717) is 6.61 Å². The molecular formula is C7H18NO3+. The highest BCUT2D eigenvalue weighted by Crippen LogP contribution is 1.99. The SMILES string of the molecule is CC(O)(O)OCC[N+](C)(C)C.